The first-order valence-electron chi connectivity index (χ1n) is 9.72. The van der Waals surface area contributed by atoms with Gasteiger partial charge in [-0.15, -0.1) is 0 Å². The summed E-state index contributed by atoms with van der Waals surface area (Å²) < 4.78 is 51.8. The number of nitrogens with zero attached hydrogens (tertiary/aromatic N) is 1. The molecule has 0 aliphatic rings. The van der Waals surface area contributed by atoms with Gasteiger partial charge in [0.2, 0.25) is 0 Å². The maximum Gasteiger partial charge on any atom is 0.261 e. The number of aryl methyl sites for hydroxylation is 1. The van der Waals surface area contributed by atoms with Crippen molar-refractivity contribution in [3.8, 4) is 5.75 Å². The molecule has 4 aromatic rings. The zero-order valence-corrected chi connectivity index (χ0v) is 21.3. The first-order chi connectivity index (χ1) is 16.0. The van der Waals surface area contributed by atoms with E-state index in [1.165, 1.54) is 37.4 Å². The third-order valence-electron chi connectivity index (χ3n) is 4.98. The topological polar surface area (TPSA) is 107 Å². The number of ether oxygens (including phenoxy) is 1. The molecule has 12 heteroatoms. The molecule has 34 heavy (non-hydrogen) atoms. The van der Waals surface area contributed by atoms with Crippen molar-refractivity contribution >= 4 is 71.0 Å². The van der Waals surface area contributed by atoms with Crippen LogP contribution in [-0.2, 0) is 26.8 Å². The van der Waals surface area contributed by atoms with Gasteiger partial charge in [-0.25, -0.2) is 12.6 Å². The number of sulfonamides is 1. The van der Waals surface area contributed by atoms with Crippen LogP contribution in [0.25, 0.3) is 10.9 Å². The molecule has 0 saturated heterocycles. The summed E-state index contributed by atoms with van der Waals surface area (Å²) >= 11 is 7.10. The highest BCUT2D eigenvalue weighted by molar-refractivity contribution is 8.01. The van der Waals surface area contributed by atoms with Crippen molar-refractivity contribution in [3.05, 3.63) is 75.2 Å². The first kappa shape index (κ1) is 24.1. The van der Waals surface area contributed by atoms with E-state index in [1.807, 2.05) is 0 Å². The highest BCUT2D eigenvalue weighted by atomic mass is 35.5. The number of rotatable bonds is 7. The molecule has 0 amide bonds. The predicted octanol–water partition coefficient (Wildman–Crippen LogP) is 4.17. The van der Waals surface area contributed by atoms with Gasteiger partial charge in [-0.3, -0.25) is 13.5 Å². The summed E-state index contributed by atoms with van der Waals surface area (Å²) in [6.07, 6.45) is 0. The lowest BCUT2D eigenvalue weighted by molar-refractivity contribution is 0.404. The minimum absolute atomic E-state index is 0.0668. The Morgan fingerprint density at radius 1 is 1.00 bits per heavy atom. The molecule has 0 fully saturated rings. The van der Waals surface area contributed by atoms with E-state index in [0.717, 1.165) is 11.5 Å². The van der Waals surface area contributed by atoms with Crippen LogP contribution in [0.15, 0.2) is 75.2 Å². The van der Waals surface area contributed by atoms with Crippen LogP contribution in [0.2, 0.25) is 5.02 Å². The summed E-state index contributed by atoms with van der Waals surface area (Å²) in [6.45, 7) is 0. The normalized spacial score (nSPS) is 13.4. The molecule has 178 valence electrons. The highest BCUT2D eigenvalue weighted by Gasteiger charge is 2.21. The van der Waals surface area contributed by atoms with Crippen molar-refractivity contribution in [2.75, 3.05) is 16.6 Å². The van der Waals surface area contributed by atoms with E-state index in [9.17, 15) is 17.4 Å². The minimum Gasteiger partial charge on any atom is -0.495 e. The molecular formula is C22H20ClN3O5S3. The van der Waals surface area contributed by atoms with Crippen LogP contribution in [0.4, 0.5) is 11.4 Å². The third kappa shape index (κ3) is 4.64. The van der Waals surface area contributed by atoms with Crippen molar-refractivity contribution < 1.29 is 17.4 Å². The molecule has 1 unspecified atom stereocenters. The second-order valence-corrected chi connectivity index (χ2v) is 12.5. The molecule has 0 radical (unpaired) electrons. The van der Waals surface area contributed by atoms with E-state index in [2.05, 4.69) is 15.3 Å². The Morgan fingerprint density at radius 3 is 2.47 bits per heavy atom. The van der Waals surface area contributed by atoms with Crippen LogP contribution in [0.3, 0.4) is 0 Å². The molecule has 2 N–H and O–H groups in total. The van der Waals surface area contributed by atoms with Gasteiger partial charge in [0.05, 0.1) is 48.9 Å². The number of hydrogen-bond acceptors (Lipinski definition) is 6. The molecule has 3 aromatic carbocycles. The molecule has 8 nitrogen and oxygen atoms in total. The quantitative estimate of drug-likeness (QED) is 0.344. The summed E-state index contributed by atoms with van der Waals surface area (Å²) in [5.41, 5.74) is 0.899. The van der Waals surface area contributed by atoms with Crippen molar-refractivity contribution in [1.29, 1.82) is 0 Å². The molecule has 4 rings (SSSR count). The number of aromatic nitrogens is 1. The van der Waals surface area contributed by atoms with E-state index in [0.29, 0.717) is 21.5 Å². The van der Waals surface area contributed by atoms with Gasteiger partial charge in [-0.05, 0) is 65.9 Å². The number of halogens is 1. The van der Waals surface area contributed by atoms with Gasteiger partial charge in [0.25, 0.3) is 14.8 Å². The monoisotopic (exact) mass is 537 g/mol. The zero-order valence-electron chi connectivity index (χ0n) is 18.1. The zero-order chi connectivity index (χ0) is 24.7. The molecule has 1 atom stereocenters. The number of fused-ring (bicyclic) bond motifs is 1. The average Bonchev–Trinajstić information content (AvgIpc) is 3.08. The Morgan fingerprint density at radius 2 is 1.74 bits per heavy atom. The summed E-state index contributed by atoms with van der Waals surface area (Å²) in [6, 6.07) is 15.4. The second-order valence-electron chi connectivity index (χ2n) is 7.28. The van der Waals surface area contributed by atoms with Gasteiger partial charge in [0.15, 0.2) is 0 Å². The van der Waals surface area contributed by atoms with E-state index < -0.39 is 19.7 Å². The lowest BCUT2D eigenvalue weighted by Crippen LogP contribution is -2.18. The van der Waals surface area contributed by atoms with Crippen LogP contribution in [0, 0.1) is 0 Å². The van der Waals surface area contributed by atoms with E-state index in [1.54, 1.807) is 41.3 Å². The van der Waals surface area contributed by atoms with Crippen LogP contribution >= 0.6 is 23.1 Å². The molecule has 1 aromatic heterocycles. The van der Waals surface area contributed by atoms with Crippen LogP contribution in [0.1, 0.15) is 0 Å². The Balaban J connectivity index is 1.73. The lowest BCUT2D eigenvalue weighted by Gasteiger charge is -2.19. The maximum absolute atomic E-state index is 13.4. The number of methoxy groups -OCH3 is 1. The lowest BCUT2D eigenvalue weighted by atomic mass is 10.2. The van der Waals surface area contributed by atoms with Crippen LogP contribution in [0.5, 0.6) is 5.75 Å². The Kier molecular flexibility index (Phi) is 6.38. The molecule has 1 heterocycles. The maximum atomic E-state index is 13.4. The number of benzene rings is 3. The Bertz CT molecular complexity index is 1680. The summed E-state index contributed by atoms with van der Waals surface area (Å²) in [7, 11) is -4.08. The minimum atomic E-state index is -4.11. The summed E-state index contributed by atoms with van der Waals surface area (Å²) in [4.78, 5) is 12.4. The number of anilines is 2. The molecule has 0 bridgehead atoms. The van der Waals surface area contributed by atoms with Gasteiger partial charge < -0.3 is 9.46 Å². The van der Waals surface area contributed by atoms with E-state index in [-0.39, 0.29) is 26.0 Å². The molecule has 0 aliphatic heterocycles. The van der Waals surface area contributed by atoms with Gasteiger partial charge >= 0.3 is 0 Å². The van der Waals surface area contributed by atoms with Gasteiger partial charge in [-0.1, -0.05) is 23.7 Å². The largest absolute Gasteiger partial charge is 0.495 e. The summed E-state index contributed by atoms with van der Waals surface area (Å²) in [5.74, 6) is 4.17. The average molecular weight is 538 g/mol. The number of hydrogen-bond donors (Lipinski definition) is 2. The molecule has 0 spiro atoms. The van der Waals surface area contributed by atoms with E-state index >= 15 is 0 Å². The highest BCUT2D eigenvalue weighted by Crippen LogP contribution is 2.32. The fourth-order valence-electron chi connectivity index (χ4n) is 3.36. The third-order valence-corrected chi connectivity index (χ3v) is 9.03. The van der Waals surface area contributed by atoms with Crippen molar-refractivity contribution in [3.63, 3.8) is 0 Å². The smallest absolute Gasteiger partial charge is 0.261 e. The second kappa shape index (κ2) is 8.99. The van der Waals surface area contributed by atoms with Gasteiger partial charge in [-0.2, -0.15) is 0 Å². The fraction of sp³-hybridized carbons (Fsp3) is 0.0909. The Hall–Kier alpha value is -2.99. The van der Waals surface area contributed by atoms with Crippen LogP contribution in [-0.4, -0.2) is 29.6 Å². The van der Waals surface area contributed by atoms with E-state index in [4.69, 9.17) is 16.3 Å². The molecule has 0 aliphatic carbocycles. The predicted molar refractivity (Wildman–Crippen MR) is 139 cm³/mol. The Labute approximate surface area is 206 Å². The van der Waals surface area contributed by atoms with Gasteiger partial charge in [0.1, 0.15) is 5.75 Å². The number of nitrogens with one attached hydrogen (secondary N) is 2. The molecular weight excluding hydrogens is 518 g/mol. The summed E-state index contributed by atoms with van der Waals surface area (Å²) in [5, 5.41) is 0.565. The number of para-hydroxylation sites is 1. The van der Waals surface area contributed by atoms with Crippen molar-refractivity contribution in [2.24, 2.45) is 7.05 Å². The standard InChI is InChI=1S/C22H20ClN3O5S3/c1-26-19-11-9-15(13-16(19)22(27)32-26)34(29,30)25-18-12-14(23)8-10-17(18)24-33(3,28)21-7-5-4-6-20(21)31-2/h4-13,25H,3H2,1-2H3,(H,24,28). The molecule has 0 saturated carbocycles. The van der Waals surface area contributed by atoms with Gasteiger partial charge in [0, 0.05) is 12.1 Å². The SMILES string of the molecule is C=S(=O)(Nc1ccc(Cl)cc1NS(=O)(=O)c1ccc2c(c1)c(=O)sn2C)c1ccccc1OC. The van der Waals surface area contributed by atoms with Crippen molar-refractivity contribution in [2.45, 2.75) is 9.79 Å². The van der Waals surface area contributed by atoms with Crippen LogP contribution < -0.4 is 18.9 Å². The van der Waals surface area contributed by atoms with Crippen molar-refractivity contribution in [1.82, 2.24) is 3.96 Å². The fourth-order valence-corrected chi connectivity index (χ4v) is 6.82. The first-order valence-corrected chi connectivity index (χ1v) is 14.1.